The molecule has 2 rings (SSSR count). The first-order valence-corrected chi connectivity index (χ1v) is 6.81. The summed E-state index contributed by atoms with van der Waals surface area (Å²) in [6.45, 7) is 1.69. The molecule has 1 aromatic heterocycles. The number of nitrogens with zero attached hydrogens (tertiary/aromatic N) is 2. The fourth-order valence-corrected chi connectivity index (χ4v) is 2.07. The quantitative estimate of drug-likeness (QED) is 0.860. The Balaban J connectivity index is 2.10. The van der Waals surface area contributed by atoms with Crippen molar-refractivity contribution >= 4 is 11.6 Å². The molecule has 0 saturated heterocycles. The van der Waals surface area contributed by atoms with E-state index in [0.29, 0.717) is 11.3 Å². The molecular weight excluding hydrogens is 309 g/mol. The van der Waals surface area contributed by atoms with Crippen LogP contribution in [0, 0.1) is 0 Å². The van der Waals surface area contributed by atoms with E-state index in [4.69, 9.17) is 0 Å². The zero-order valence-electron chi connectivity index (χ0n) is 12.5. The number of anilines is 1. The van der Waals surface area contributed by atoms with Crippen LogP contribution in [-0.4, -0.2) is 24.3 Å². The van der Waals surface area contributed by atoms with Gasteiger partial charge in [0, 0.05) is 13.2 Å². The second-order valence-electron chi connectivity index (χ2n) is 4.95. The van der Waals surface area contributed by atoms with Crippen LogP contribution in [-0.2, 0) is 4.79 Å². The Kier molecular flexibility index (Phi) is 4.88. The Morgan fingerprint density at radius 3 is 2.39 bits per heavy atom. The maximum atomic E-state index is 12.4. The minimum absolute atomic E-state index is 0.192. The monoisotopic (exact) mass is 324 g/mol. The van der Waals surface area contributed by atoms with E-state index < -0.39 is 12.3 Å². The van der Waals surface area contributed by atoms with Crippen molar-refractivity contribution in [1.29, 1.82) is 0 Å². The molecule has 23 heavy (non-hydrogen) atoms. The average molecular weight is 324 g/mol. The molecule has 122 valence electrons. The molecule has 0 aliphatic carbocycles. The molecule has 1 amide bonds. The van der Waals surface area contributed by atoms with E-state index in [2.05, 4.69) is 9.72 Å². The van der Waals surface area contributed by atoms with Crippen molar-refractivity contribution in [2.45, 2.75) is 19.2 Å². The van der Waals surface area contributed by atoms with E-state index >= 15 is 0 Å². The molecule has 1 aromatic carbocycles. The molecule has 0 fully saturated rings. The van der Waals surface area contributed by atoms with E-state index in [9.17, 15) is 18.0 Å². The van der Waals surface area contributed by atoms with Crippen LogP contribution in [0.2, 0.25) is 0 Å². The zero-order chi connectivity index (χ0) is 17.0. The number of aromatic nitrogens is 1. The van der Waals surface area contributed by atoms with Gasteiger partial charge in [0.1, 0.15) is 5.75 Å². The molecule has 1 heterocycles. The van der Waals surface area contributed by atoms with Gasteiger partial charge >= 0.3 is 6.36 Å². The van der Waals surface area contributed by atoms with Gasteiger partial charge in [0.25, 0.3) is 0 Å². The van der Waals surface area contributed by atoms with Crippen LogP contribution < -0.4 is 9.64 Å². The number of rotatable bonds is 4. The molecule has 0 radical (unpaired) electrons. The van der Waals surface area contributed by atoms with Crippen LogP contribution in [0.25, 0.3) is 0 Å². The van der Waals surface area contributed by atoms with Crippen molar-refractivity contribution in [1.82, 2.24) is 4.98 Å². The number of carbonyl (C=O) groups is 1. The maximum Gasteiger partial charge on any atom is 0.573 e. The predicted molar refractivity (Wildman–Crippen MR) is 79.2 cm³/mol. The van der Waals surface area contributed by atoms with Crippen LogP contribution in [0.3, 0.4) is 0 Å². The second-order valence-corrected chi connectivity index (χ2v) is 4.95. The first-order chi connectivity index (χ1) is 10.8. The molecular formula is C16H15F3N2O2. The number of carbonyl (C=O) groups excluding carboxylic acids is 1. The van der Waals surface area contributed by atoms with Gasteiger partial charge < -0.3 is 9.64 Å². The van der Waals surface area contributed by atoms with Crippen molar-refractivity contribution in [3.8, 4) is 5.75 Å². The van der Waals surface area contributed by atoms with Crippen molar-refractivity contribution in [2.75, 3.05) is 11.9 Å². The number of pyridine rings is 1. The molecule has 4 nitrogen and oxygen atoms in total. The average Bonchev–Trinajstić information content (AvgIpc) is 2.53. The lowest BCUT2D eigenvalue weighted by Crippen LogP contribution is -2.30. The zero-order valence-corrected chi connectivity index (χ0v) is 12.5. The van der Waals surface area contributed by atoms with Crippen molar-refractivity contribution in [3.63, 3.8) is 0 Å². The summed E-state index contributed by atoms with van der Waals surface area (Å²) in [5.41, 5.74) is 1.24. The van der Waals surface area contributed by atoms with Crippen LogP contribution in [0.4, 0.5) is 18.9 Å². The number of alkyl halides is 3. The Hall–Kier alpha value is -2.57. The molecule has 0 bridgehead atoms. The standard InChI is InChI=1S/C16H15F3N2O2/c1-11(15(22)21(2)13-4-3-9-20-10-13)12-5-7-14(8-6-12)23-16(17,18)19/h3-11H,1-2H3. The normalized spacial score (nSPS) is 12.6. The highest BCUT2D eigenvalue weighted by Gasteiger charge is 2.31. The van der Waals surface area contributed by atoms with Crippen molar-refractivity contribution < 1.29 is 22.7 Å². The summed E-state index contributed by atoms with van der Waals surface area (Å²) >= 11 is 0. The summed E-state index contributed by atoms with van der Waals surface area (Å²) in [5, 5.41) is 0. The fourth-order valence-electron chi connectivity index (χ4n) is 2.07. The highest BCUT2D eigenvalue weighted by molar-refractivity contribution is 5.97. The van der Waals surface area contributed by atoms with Gasteiger partial charge in [0.2, 0.25) is 5.91 Å². The lowest BCUT2D eigenvalue weighted by Gasteiger charge is -2.21. The van der Waals surface area contributed by atoms with E-state index in [1.165, 1.54) is 29.2 Å². The van der Waals surface area contributed by atoms with E-state index in [1.807, 2.05) is 0 Å². The Labute approximate surface area is 131 Å². The van der Waals surface area contributed by atoms with E-state index in [1.54, 1.807) is 38.5 Å². The van der Waals surface area contributed by atoms with Gasteiger partial charge in [-0.25, -0.2) is 0 Å². The van der Waals surface area contributed by atoms with Gasteiger partial charge in [-0.2, -0.15) is 0 Å². The summed E-state index contributed by atoms with van der Waals surface area (Å²) in [7, 11) is 1.62. The third-order valence-corrected chi connectivity index (χ3v) is 3.35. The first-order valence-electron chi connectivity index (χ1n) is 6.81. The Morgan fingerprint density at radius 1 is 1.22 bits per heavy atom. The van der Waals surface area contributed by atoms with Crippen LogP contribution >= 0.6 is 0 Å². The van der Waals surface area contributed by atoms with Gasteiger partial charge in [-0.05, 0) is 36.8 Å². The minimum atomic E-state index is -4.73. The smallest absolute Gasteiger partial charge is 0.406 e. The lowest BCUT2D eigenvalue weighted by molar-refractivity contribution is -0.274. The summed E-state index contributed by atoms with van der Waals surface area (Å²) in [5.74, 6) is -1.02. The van der Waals surface area contributed by atoms with Gasteiger partial charge in [-0.15, -0.1) is 13.2 Å². The number of hydrogen-bond acceptors (Lipinski definition) is 3. The van der Waals surface area contributed by atoms with Gasteiger partial charge in [-0.3, -0.25) is 9.78 Å². The molecule has 0 N–H and O–H groups in total. The summed E-state index contributed by atoms with van der Waals surface area (Å²) in [6, 6.07) is 8.74. The Bertz CT molecular complexity index is 657. The summed E-state index contributed by atoms with van der Waals surface area (Å²) in [4.78, 5) is 17.8. The predicted octanol–water partition coefficient (Wildman–Crippen LogP) is 3.75. The SMILES string of the molecule is CC(C(=O)N(C)c1cccnc1)c1ccc(OC(F)(F)F)cc1. The number of halogens is 3. The van der Waals surface area contributed by atoms with E-state index in [-0.39, 0.29) is 11.7 Å². The highest BCUT2D eigenvalue weighted by atomic mass is 19.4. The third kappa shape index (κ3) is 4.45. The first kappa shape index (κ1) is 16.8. The Morgan fingerprint density at radius 2 is 1.87 bits per heavy atom. The van der Waals surface area contributed by atoms with Gasteiger partial charge in [0.05, 0.1) is 17.8 Å². The number of amides is 1. The van der Waals surface area contributed by atoms with Gasteiger partial charge in [0.15, 0.2) is 0 Å². The molecule has 0 aliphatic rings. The second kappa shape index (κ2) is 6.68. The number of hydrogen-bond donors (Lipinski definition) is 0. The number of likely N-dealkylation sites (N-methyl/N-ethyl adjacent to an activating group) is 1. The minimum Gasteiger partial charge on any atom is -0.406 e. The third-order valence-electron chi connectivity index (χ3n) is 3.35. The van der Waals surface area contributed by atoms with Crippen LogP contribution in [0.15, 0.2) is 48.8 Å². The topological polar surface area (TPSA) is 42.4 Å². The van der Waals surface area contributed by atoms with E-state index in [0.717, 1.165) is 0 Å². The summed E-state index contributed by atoms with van der Waals surface area (Å²) in [6.07, 6.45) is -1.57. The molecule has 1 unspecified atom stereocenters. The largest absolute Gasteiger partial charge is 0.573 e. The van der Waals surface area contributed by atoms with Crippen molar-refractivity contribution in [3.05, 3.63) is 54.4 Å². The lowest BCUT2D eigenvalue weighted by atomic mass is 9.99. The molecule has 1 atom stereocenters. The van der Waals surface area contributed by atoms with Crippen LogP contribution in [0.5, 0.6) is 5.75 Å². The molecule has 0 saturated carbocycles. The highest BCUT2D eigenvalue weighted by Crippen LogP contribution is 2.26. The number of benzene rings is 1. The fraction of sp³-hybridized carbons (Fsp3) is 0.250. The molecule has 2 aromatic rings. The van der Waals surface area contributed by atoms with Gasteiger partial charge in [-0.1, -0.05) is 12.1 Å². The molecule has 0 aliphatic heterocycles. The van der Waals surface area contributed by atoms with Crippen molar-refractivity contribution in [2.24, 2.45) is 0 Å². The number of ether oxygens (including phenoxy) is 1. The molecule has 0 spiro atoms. The molecule has 7 heteroatoms. The summed E-state index contributed by atoms with van der Waals surface area (Å²) < 4.78 is 40.2. The maximum absolute atomic E-state index is 12.4. The van der Waals surface area contributed by atoms with Crippen LogP contribution in [0.1, 0.15) is 18.4 Å².